The van der Waals surface area contributed by atoms with E-state index >= 15 is 0 Å². The Morgan fingerprint density at radius 3 is 2.25 bits per heavy atom. The number of anilines is 1. The van der Waals surface area contributed by atoms with Crippen molar-refractivity contribution in [3.05, 3.63) is 65.7 Å². The molecular weight excluding hydrogens is 373 g/mol. The SMILES string of the molecule is CCC(CC(=O)NC(=O)OCc1ccccc1)Nc1ccc(C(F)(F)F)cc1. The highest BCUT2D eigenvalue weighted by molar-refractivity contribution is 5.92. The number of carbonyl (C=O) groups excluding carboxylic acids is 2. The number of amides is 2. The quantitative estimate of drug-likeness (QED) is 0.712. The first-order valence-corrected chi connectivity index (χ1v) is 8.72. The molecule has 0 fully saturated rings. The predicted octanol–water partition coefficient (Wildman–Crippen LogP) is 4.74. The zero-order valence-corrected chi connectivity index (χ0v) is 15.3. The molecule has 1 unspecified atom stereocenters. The number of hydrogen-bond acceptors (Lipinski definition) is 4. The molecule has 2 aromatic rings. The fourth-order valence-corrected chi connectivity index (χ4v) is 2.44. The third-order valence-electron chi connectivity index (χ3n) is 3.96. The maximum Gasteiger partial charge on any atom is 0.416 e. The van der Waals surface area contributed by atoms with E-state index in [-0.39, 0.29) is 19.1 Å². The van der Waals surface area contributed by atoms with E-state index in [2.05, 4.69) is 10.6 Å². The second-order valence-electron chi connectivity index (χ2n) is 6.14. The lowest BCUT2D eigenvalue weighted by Gasteiger charge is -2.18. The van der Waals surface area contributed by atoms with Crippen LogP contribution in [0.4, 0.5) is 23.7 Å². The number of imide groups is 1. The van der Waals surface area contributed by atoms with Gasteiger partial charge in [-0.1, -0.05) is 37.3 Å². The van der Waals surface area contributed by atoms with Crippen molar-refractivity contribution in [1.29, 1.82) is 0 Å². The third-order valence-corrected chi connectivity index (χ3v) is 3.96. The Bertz CT molecular complexity index is 778. The van der Waals surface area contributed by atoms with Crippen molar-refractivity contribution >= 4 is 17.7 Å². The summed E-state index contributed by atoms with van der Waals surface area (Å²) in [6, 6.07) is 13.2. The molecule has 8 heteroatoms. The molecule has 2 amide bonds. The molecule has 2 rings (SSSR count). The van der Waals surface area contributed by atoms with Crippen molar-refractivity contribution in [3.8, 4) is 0 Å². The van der Waals surface area contributed by atoms with E-state index in [0.717, 1.165) is 17.7 Å². The second-order valence-corrected chi connectivity index (χ2v) is 6.14. The van der Waals surface area contributed by atoms with Crippen molar-refractivity contribution in [1.82, 2.24) is 5.32 Å². The molecule has 0 saturated carbocycles. The van der Waals surface area contributed by atoms with Crippen LogP contribution in [0, 0.1) is 0 Å². The molecule has 2 N–H and O–H groups in total. The lowest BCUT2D eigenvalue weighted by molar-refractivity contribution is -0.137. The summed E-state index contributed by atoms with van der Waals surface area (Å²) < 4.78 is 42.8. The minimum atomic E-state index is -4.40. The van der Waals surface area contributed by atoms with Crippen molar-refractivity contribution in [3.63, 3.8) is 0 Å². The Balaban J connectivity index is 1.81. The number of carbonyl (C=O) groups is 2. The largest absolute Gasteiger partial charge is 0.444 e. The number of ether oxygens (including phenoxy) is 1. The number of hydrogen-bond donors (Lipinski definition) is 2. The van der Waals surface area contributed by atoms with Crippen LogP contribution in [0.3, 0.4) is 0 Å². The molecule has 1 atom stereocenters. The van der Waals surface area contributed by atoms with Crippen molar-refractivity contribution in [2.75, 3.05) is 5.32 Å². The van der Waals surface area contributed by atoms with Crippen LogP contribution in [-0.2, 0) is 22.3 Å². The Kier molecular flexibility index (Phi) is 7.43. The fraction of sp³-hybridized carbons (Fsp3) is 0.300. The van der Waals surface area contributed by atoms with Crippen molar-refractivity contribution in [2.45, 2.75) is 38.6 Å². The van der Waals surface area contributed by atoms with E-state index in [1.807, 2.05) is 13.0 Å². The average molecular weight is 394 g/mol. The third kappa shape index (κ3) is 6.94. The van der Waals surface area contributed by atoms with E-state index in [1.54, 1.807) is 24.3 Å². The van der Waals surface area contributed by atoms with Gasteiger partial charge >= 0.3 is 12.3 Å². The van der Waals surface area contributed by atoms with Gasteiger partial charge in [0.1, 0.15) is 6.61 Å². The lowest BCUT2D eigenvalue weighted by Crippen LogP contribution is -2.35. The summed E-state index contributed by atoms with van der Waals surface area (Å²) in [5, 5.41) is 5.13. The molecule has 0 saturated heterocycles. The first kappa shape index (κ1) is 21.3. The van der Waals surface area contributed by atoms with E-state index in [1.165, 1.54) is 12.1 Å². The van der Waals surface area contributed by atoms with Crippen LogP contribution in [0.5, 0.6) is 0 Å². The molecule has 28 heavy (non-hydrogen) atoms. The molecular formula is C20H21F3N2O3. The maximum absolute atomic E-state index is 12.6. The minimum Gasteiger partial charge on any atom is -0.444 e. The molecule has 0 aliphatic heterocycles. The maximum atomic E-state index is 12.6. The predicted molar refractivity (Wildman–Crippen MR) is 98.5 cm³/mol. The topological polar surface area (TPSA) is 67.4 Å². The first-order chi connectivity index (χ1) is 13.3. The van der Waals surface area contributed by atoms with Gasteiger partial charge in [0.05, 0.1) is 5.56 Å². The van der Waals surface area contributed by atoms with Gasteiger partial charge in [-0.2, -0.15) is 13.2 Å². The highest BCUT2D eigenvalue weighted by Crippen LogP contribution is 2.30. The van der Waals surface area contributed by atoms with Crippen molar-refractivity contribution < 1.29 is 27.5 Å². The Hall–Kier alpha value is -3.03. The average Bonchev–Trinajstić information content (AvgIpc) is 2.66. The molecule has 5 nitrogen and oxygen atoms in total. The molecule has 0 heterocycles. The van der Waals surface area contributed by atoms with E-state index < -0.39 is 23.7 Å². The Morgan fingerprint density at radius 2 is 1.68 bits per heavy atom. The summed E-state index contributed by atoms with van der Waals surface area (Å²) in [5.74, 6) is -0.538. The van der Waals surface area contributed by atoms with Gasteiger partial charge in [-0.05, 0) is 36.2 Å². The van der Waals surface area contributed by atoms with E-state index in [4.69, 9.17) is 4.74 Å². The van der Waals surface area contributed by atoms with Gasteiger partial charge < -0.3 is 10.1 Å². The standard InChI is InChI=1S/C20H21F3N2O3/c1-2-16(24-17-10-8-15(9-11-17)20(21,22)23)12-18(26)25-19(27)28-13-14-6-4-3-5-7-14/h3-11,16,24H,2,12-13H2,1H3,(H,25,26,27). The van der Waals surface area contributed by atoms with Crippen LogP contribution in [0.15, 0.2) is 54.6 Å². The molecule has 2 aromatic carbocycles. The van der Waals surface area contributed by atoms with Crippen LogP contribution >= 0.6 is 0 Å². The summed E-state index contributed by atoms with van der Waals surface area (Å²) in [5.41, 5.74) is 0.504. The summed E-state index contributed by atoms with van der Waals surface area (Å²) in [6.07, 6.45) is -4.74. The monoisotopic (exact) mass is 394 g/mol. The highest BCUT2D eigenvalue weighted by Gasteiger charge is 2.30. The Morgan fingerprint density at radius 1 is 1.04 bits per heavy atom. The van der Waals surface area contributed by atoms with Crippen LogP contribution in [-0.4, -0.2) is 18.0 Å². The zero-order valence-electron chi connectivity index (χ0n) is 15.3. The van der Waals surface area contributed by atoms with Crippen molar-refractivity contribution in [2.24, 2.45) is 0 Å². The number of alkyl carbamates (subject to hydrolysis) is 1. The van der Waals surface area contributed by atoms with Gasteiger partial charge in [0.15, 0.2) is 0 Å². The van der Waals surface area contributed by atoms with Crippen LogP contribution in [0.1, 0.15) is 30.9 Å². The Labute approximate surface area is 160 Å². The van der Waals surface area contributed by atoms with Gasteiger partial charge in [0, 0.05) is 18.2 Å². The zero-order chi connectivity index (χ0) is 20.6. The first-order valence-electron chi connectivity index (χ1n) is 8.72. The van der Waals surface area contributed by atoms with Gasteiger partial charge in [0.2, 0.25) is 5.91 Å². The van der Waals surface area contributed by atoms with Crippen LogP contribution in [0.25, 0.3) is 0 Å². The summed E-state index contributed by atoms with van der Waals surface area (Å²) in [6.45, 7) is 1.86. The highest BCUT2D eigenvalue weighted by atomic mass is 19.4. The summed E-state index contributed by atoms with van der Waals surface area (Å²) in [7, 11) is 0. The normalized spacial score (nSPS) is 12.1. The van der Waals surface area contributed by atoms with E-state index in [0.29, 0.717) is 12.1 Å². The molecule has 0 spiro atoms. The molecule has 0 aliphatic carbocycles. The van der Waals surface area contributed by atoms with E-state index in [9.17, 15) is 22.8 Å². The second kappa shape index (κ2) is 9.77. The summed E-state index contributed by atoms with van der Waals surface area (Å²) >= 11 is 0. The number of alkyl halides is 3. The number of halogens is 3. The molecule has 0 aliphatic rings. The minimum absolute atomic E-state index is 0.0298. The molecule has 0 radical (unpaired) electrons. The fourth-order valence-electron chi connectivity index (χ4n) is 2.44. The molecule has 0 bridgehead atoms. The molecule has 150 valence electrons. The number of rotatable bonds is 7. The lowest BCUT2D eigenvalue weighted by atomic mass is 10.1. The smallest absolute Gasteiger partial charge is 0.416 e. The van der Waals surface area contributed by atoms with Crippen LogP contribution in [0.2, 0.25) is 0 Å². The number of benzene rings is 2. The van der Waals surface area contributed by atoms with Gasteiger partial charge in [-0.25, -0.2) is 4.79 Å². The van der Waals surface area contributed by atoms with Gasteiger partial charge in [0.25, 0.3) is 0 Å². The van der Waals surface area contributed by atoms with Gasteiger partial charge in [-0.15, -0.1) is 0 Å². The molecule has 0 aromatic heterocycles. The van der Waals surface area contributed by atoms with Crippen LogP contribution < -0.4 is 10.6 Å². The van der Waals surface area contributed by atoms with Gasteiger partial charge in [-0.3, -0.25) is 10.1 Å². The number of nitrogens with one attached hydrogen (secondary N) is 2. The summed E-state index contributed by atoms with van der Waals surface area (Å²) in [4.78, 5) is 23.7.